The van der Waals surface area contributed by atoms with Crippen LogP contribution in [0, 0.1) is 0 Å². The zero-order valence-corrected chi connectivity index (χ0v) is 38.4. The molecule has 0 bridgehead atoms. The Morgan fingerprint density at radius 1 is 0.312 bits per heavy atom. The molecule has 0 aromatic carbocycles. The van der Waals surface area contributed by atoms with Crippen LogP contribution in [0.25, 0.3) is 0 Å². The van der Waals surface area contributed by atoms with E-state index >= 15 is 0 Å². The summed E-state index contributed by atoms with van der Waals surface area (Å²) in [6.07, 6.45) is 11.0. The van der Waals surface area contributed by atoms with E-state index in [1.165, 1.54) is 0 Å². The van der Waals surface area contributed by atoms with Crippen molar-refractivity contribution in [2.24, 2.45) is 51.6 Å². The second-order valence-electron chi connectivity index (χ2n) is 16.5. The Bertz CT molecular complexity index is 1330. The number of rotatable bonds is 41. The molecule has 0 aromatic rings. The molecule has 7 amide bonds. The van der Waals surface area contributed by atoms with Gasteiger partial charge in [-0.05, 0) is 135 Å². The number of primary amides is 1. The standard InChI is InChI=1S/C42H87N15O7/c43-22-8-1-15-29(47)37(59)52-26-13-6-20-34(56-39(61)31(49)17-3-10-24-45)41(63)54-28-12-5-19-33(36(51)58)55-42(64)35(57-40(62)32(50)18-4-11-25-46)21-7-14-27-53-38(60)30(48)16-2-9-23-44/h29-35H,1-28,43-50H2,(H2,51,58)(H,52,59)(H,53,60)(H,54,63)(H,55,64)(H,56,61)(H,57,62)/t29-,30-,31-,32-,33-,34-,35-/m0/s1. The summed E-state index contributed by atoms with van der Waals surface area (Å²) in [5, 5.41) is 16.6. The summed E-state index contributed by atoms with van der Waals surface area (Å²) in [7, 11) is 0. The molecule has 0 unspecified atom stereocenters. The molecule has 0 saturated carbocycles. The number of carbonyl (C=O) groups is 7. The summed E-state index contributed by atoms with van der Waals surface area (Å²) >= 11 is 0. The van der Waals surface area contributed by atoms with Crippen LogP contribution in [0.5, 0.6) is 0 Å². The van der Waals surface area contributed by atoms with Crippen LogP contribution in [0.4, 0.5) is 0 Å². The summed E-state index contributed by atoms with van der Waals surface area (Å²) in [5.74, 6) is -3.33. The van der Waals surface area contributed by atoms with Gasteiger partial charge in [0.05, 0.1) is 24.2 Å². The first-order valence-electron chi connectivity index (χ1n) is 23.5. The van der Waals surface area contributed by atoms with Gasteiger partial charge in [-0.1, -0.05) is 25.7 Å². The van der Waals surface area contributed by atoms with Crippen molar-refractivity contribution in [3.8, 4) is 0 Å². The summed E-state index contributed by atoms with van der Waals surface area (Å²) in [6.45, 7) is 2.84. The van der Waals surface area contributed by atoms with E-state index in [0.29, 0.717) is 129 Å². The molecule has 64 heavy (non-hydrogen) atoms. The number of unbranched alkanes of at least 4 members (excludes halogenated alkanes) is 7. The van der Waals surface area contributed by atoms with E-state index in [2.05, 4.69) is 31.9 Å². The van der Waals surface area contributed by atoms with Crippen molar-refractivity contribution >= 4 is 41.4 Å². The highest BCUT2D eigenvalue weighted by Crippen LogP contribution is 2.09. The monoisotopic (exact) mass is 914 g/mol. The average molecular weight is 914 g/mol. The van der Waals surface area contributed by atoms with Gasteiger partial charge in [0.15, 0.2) is 0 Å². The van der Waals surface area contributed by atoms with E-state index < -0.39 is 71.8 Å². The van der Waals surface area contributed by atoms with Gasteiger partial charge in [0.2, 0.25) is 41.4 Å². The Morgan fingerprint density at radius 3 is 0.906 bits per heavy atom. The minimum absolute atomic E-state index is 0.147. The zero-order chi connectivity index (χ0) is 48.1. The maximum absolute atomic E-state index is 13.5. The molecule has 0 rings (SSSR count). The fourth-order valence-electron chi connectivity index (χ4n) is 6.65. The number of nitrogens with one attached hydrogen (secondary N) is 6. The average Bonchev–Trinajstić information content (AvgIpc) is 3.26. The lowest BCUT2D eigenvalue weighted by atomic mass is 10.0. The Labute approximate surface area is 380 Å². The number of nitrogens with two attached hydrogens (primary N) is 9. The summed E-state index contributed by atoms with van der Waals surface area (Å²) < 4.78 is 0. The molecule has 0 aromatic heterocycles. The van der Waals surface area contributed by atoms with Crippen LogP contribution in [0.3, 0.4) is 0 Å². The van der Waals surface area contributed by atoms with Crippen LogP contribution in [0.1, 0.15) is 135 Å². The van der Waals surface area contributed by atoms with Gasteiger partial charge in [-0.2, -0.15) is 0 Å². The van der Waals surface area contributed by atoms with Gasteiger partial charge < -0.3 is 83.5 Å². The van der Waals surface area contributed by atoms with Gasteiger partial charge in [-0.25, -0.2) is 0 Å². The Kier molecular flexibility index (Phi) is 35.8. The molecule has 0 fully saturated rings. The number of carbonyl (C=O) groups excluding carboxylic acids is 7. The van der Waals surface area contributed by atoms with Gasteiger partial charge in [0.25, 0.3) is 0 Å². The van der Waals surface area contributed by atoms with E-state index in [0.717, 1.165) is 25.7 Å². The van der Waals surface area contributed by atoms with Crippen molar-refractivity contribution in [1.29, 1.82) is 0 Å². The third-order valence-electron chi connectivity index (χ3n) is 10.8. The van der Waals surface area contributed by atoms with Crippen molar-refractivity contribution in [3.05, 3.63) is 0 Å². The lowest BCUT2D eigenvalue weighted by molar-refractivity contribution is -0.132. The topological polar surface area (TPSA) is 426 Å². The first kappa shape index (κ1) is 60.0. The van der Waals surface area contributed by atoms with Gasteiger partial charge in [0.1, 0.15) is 18.1 Å². The van der Waals surface area contributed by atoms with Gasteiger partial charge in [-0.3, -0.25) is 33.6 Å². The highest BCUT2D eigenvalue weighted by atomic mass is 16.2. The van der Waals surface area contributed by atoms with E-state index in [9.17, 15) is 33.6 Å². The van der Waals surface area contributed by atoms with Crippen LogP contribution in [0.2, 0.25) is 0 Å². The first-order chi connectivity index (χ1) is 30.6. The second-order valence-corrected chi connectivity index (χ2v) is 16.5. The van der Waals surface area contributed by atoms with Crippen LogP contribution >= 0.6 is 0 Å². The Hall–Kier alpha value is -4.03. The molecule has 0 aliphatic rings. The van der Waals surface area contributed by atoms with Crippen LogP contribution < -0.4 is 83.5 Å². The number of amides is 7. The SMILES string of the molecule is NCCCC[C@H](N)C(=O)NCCCC[C@H](NC(=O)[C@@H](N)CCCCN)C(=O)NCCCC[C@H](NC(=O)[C@H](CCCCNC(=O)[C@@H](N)CCCCN)NC(=O)[C@@H](N)CCCCN)C(N)=O. The highest BCUT2D eigenvalue weighted by molar-refractivity contribution is 5.93. The fourth-order valence-corrected chi connectivity index (χ4v) is 6.65. The number of hydrogen-bond acceptors (Lipinski definition) is 15. The highest BCUT2D eigenvalue weighted by Gasteiger charge is 2.28. The molecule has 0 aliphatic heterocycles. The van der Waals surface area contributed by atoms with Crippen molar-refractivity contribution < 1.29 is 33.6 Å². The van der Waals surface area contributed by atoms with Crippen molar-refractivity contribution in [2.45, 2.75) is 177 Å². The minimum atomic E-state index is -1.07. The fraction of sp³-hybridized carbons (Fsp3) is 0.833. The molecule has 0 spiro atoms. The maximum Gasteiger partial charge on any atom is 0.243 e. The zero-order valence-electron chi connectivity index (χ0n) is 38.4. The van der Waals surface area contributed by atoms with E-state index in [1.807, 2.05) is 0 Å². The minimum Gasteiger partial charge on any atom is -0.368 e. The summed E-state index contributed by atoms with van der Waals surface area (Å²) in [5.41, 5.74) is 52.0. The molecule has 0 aliphatic carbocycles. The molecule has 24 N–H and O–H groups in total. The second kappa shape index (κ2) is 38.3. The molecular formula is C42H87N15O7. The van der Waals surface area contributed by atoms with Crippen LogP contribution in [-0.2, 0) is 33.6 Å². The lowest BCUT2D eigenvalue weighted by Gasteiger charge is -2.23. The van der Waals surface area contributed by atoms with E-state index in [-0.39, 0.29) is 37.6 Å². The van der Waals surface area contributed by atoms with E-state index in [1.54, 1.807) is 0 Å². The lowest BCUT2D eigenvalue weighted by Crippen LogP contribution is -2.55. The van der Waals surface area contributed by atoms with Crippen molar-refractivity contribution in [2.75, 3.05) is 45.8 Å². The third-order valence-corrected chi connectivity index (χ3v) is 10.8. The predicted molar refractivity (Wildman–Crippen MR) is 249 cm³/mol. The molecule has 22 heteroatoms. The molecule has 0 saturated heterocycles. The summed E-state index contributed by atoms with van der Waals surface area (Å²) in [4.78, 5) is 89.9. The molecule has 0 heterocycles. The first-order valence-corrected chi connectivity index (χ1v) is 23.5. The van der Waals surface area contributed by atoms with Crippen molar-refractivity contribution in [3.63, 3.8) is 0 Å². The van der Waals surface area contributed by atoms with Gasteiger partial charge in [0, 0.05) is 19.6 Å². The Morgan fingerprint density at radius 2 is 0.578 bits per heavy atom. The molecule has 0 radical (unpaired) electrons. The van der Waals surface area contributed by atoms with Crippen LogP contribution in [-0.4, -0.2) is 129 Å². The smallest absolute Gasteiger partial charge is 0.243 e. The largest absolute Gasteiger partial charge is 0.368 e. The van der Waals surface area contributed by atoms with E-state index in [4.69, 9.17) is 51.6 Å². The number of hydrogen-bond donors (Lipinski definition) is 15. The third kappa shape index (κ3) is 29.4. The molecular weight excluding hydrogens is 827 g/mol. The molecule has 372 valence electrons. The van der Waals surface area contributed by atoms with Gasteiger partial charge >= 0.3 is 0 Å². The molecule has 7 atom stereocenters. The summed E-state index contributed by atoms with van der Waals surface area (Å²) in [6, 6.07) is -5.97. The maximum atomic E-state index is 13.5. The quantitative estimate of drug-likeness (QED) is 0.0266. The Balaban J connectivity index is 5.38. The molecule has 22 nitrogen and oxygen atoms in total. The van der Waals surface area contributed by atoms with Crippen molar-refractivity contribution in [1.82, 2.24) is 31.9 Å². The van der Waals surface area contributed by atoms with Crippen LogP contribution in [0.15, 0.2) is 0 Å². The predicted octanol–water partition coefficient (Wildman–Crippen LogP) is -3.39. The van der Waals surface area contributed by atoms with Gasteiger partial charge in [-0.15, -0.1) is 0 Å². The normalized spacial score (nSPS) is 14.5.